The van der Waals surface area contributed by atoms with Crippen LogP contribution in [0.5, 0.6) is 0 Å². The zero-order valence-electron chi connectivity index (χ0n) is 14.1. The topological polar surface area (TPSA) is 68.5 Å². The van der Waals surface area contributed by atoms with E-state index < -0.39 is 42.3 Å². The van der Waals surface area contributed by atoms with Crippen molar-refractivity contribution >= 4 is 5.91 Å². The van der Waals surface area contributed by atoms with Crippen molar-refractivity contribution in [3.05, 3.63) is 35.7 Å². The van der Waals surface area contributed by atoms with Crippen LogP contribution in [0, 0.1) is 5.92 Å². The molecule has 0 radical (unpaired) electrons. The fraction of sp³-hybridized carbons (Fsp3) is 0.438. The van der Waals surface area contributed by atoms with Gasteiger partial charge in [-0.05, 0) is 12.5 Å². The van der Waals surface area contributed by atoms with E-state index in [0.29, 0.717) is 5.56 Å². The number of benzene rings is 1. The van der Waals surface area contributed by atoms with Gasteiger partial charge >= 0.3 is 12.1 Å². The summed E-state index contributed by atoms with van der Waals surface area (Å²) >= 11 is 0. The molecule has 0 bridgehead atoms. The summed E-state index contributed by atoms with van der Waals surface area (Å²) in [5.41, 5.74) is 0.784. The third-order valence-corrected chi connectivity index (χ3v) is 4.21. The lowest BCUT2D eigenvalue weighted by molar-refractivity contribution is -0.191. The van der Waals surface area contributed by atoms with E-state index in [1.54, 1.807) is 6.92 Å². The molecule has 1 fully saturated rings. The van der Waals surface area contributed by atoms with Crippen molar-refractivity contribution in [3.63, 3.8) is 0 Å². The van der Waals surface area contributed by atoms with Crippen LogP contribution in [-0.2, 0) is 15.8 Å². The Balaban J connectivity index is 1.76. The molecule has 0 spiro atoms. The molecule has 27 heavy (non-hydrogen) atoms. The summed E-state index contributed by atoms with van der Waals surface area (Å²) in [5.74, 6) is -6.96. The molecule has 3 rings (SSSR count). The first kappa shape index (κ1) is 19.2. The first-order valence-electron chi connectivity index (χ1n) is 7.81. The minimum absolute atomic E-state index is 0.251. The molecule has 1 aliphatic rings. The van der Waals surface area contributed by atoms with Gasteiger partial charge in [0.15, 0.2) is 0 Å². The molecular formula is C16H14F5N3O3. The van der Waals surface area contributed by atoms with Gasteiger partial charge in [0, 0.05) is 12.0 Å². The molecule has 2 atom stereocenters. The first-order chi connectivity index (χ1) is 12.5. The van der Waals surface area contributed by atoms with E-state index in [2.05, 4.69) is 14.7 Å². The smallest absolute Gasteiger partial charge is 0.329 e. The summed E-state index contributed by atoms with van der Waals surface area (Å²) in [4.78, 5) is 20.4. The molecule has 2 unspecified atom stereocenters. The first-order valence-corrected chi connectivity index (χ1v) is 7.81. The molecule has 6 nitrogen and oxygen atoms in total. The van der Waals surface area contributed by atoms with Crippen molar-refractivity contribution in [1.29, 1.82) is 0 Å². The fourth-order valence-corrected chi connectivity index (χ4v) is 2.58. The number of alkyl halides is 5. The van der Waals surface area contributed by atoms with Gasteiger partial charge in [0.05, 0.1) is 13.2 Å². The molecule has 1 saturated carbocycles. The number of halogens is 5. The highest BCUT2D eigenvalue weighted by Crippen LogP contribution is 2.50. The van der Waals surface area contributed by atoms with Crippen LogP contribution < -0.4 is 0 Å². The molecule has 2 aromatic rings. The van der Waals surface area contributed by atoms with E-state index in [9.17, 15) is 26.7 Å². The third kappa shape index (κ3) is 3.77. The number of carbonyl (C=O) groups is 1. The molecular weight excluding hydrogens is 377 g/mol. The Labute approximate surface area is 149 Å². The van der Waals surface area contributed by atoms with Crippen molar-refractivity contribution < 1.29 is 36.1 Å². The SMILES string of the molecule is CON(C(=O)C1CC1(F)F)C(C)c1ccc(-c2noc(C(F)(F)F)n2)cc1. The summed E-state index contributed by atoms with van der Waals surface area (Å²) in [6.07, 6.45) is -5.26. The Kier molecular flexibility index (Phi) is 4.66. The molecule has 1 aliphatic carbocycles. The second-order valence-electron chi connectivity index (χ2n) is 6.08. The van der Waals surface area contributed by atoms with Gasteiger partial charge in [-0.2, -0.15) is 18.2 Å². The van der Waals surface area contributed by atoms with Crippen molar-refractivity contribution in [2.24, 2.45) is 5.92 Å². The maximum absolute atomic E-state index is 13.1. The molecule has 0 N–H and O–H groups in total. The average molecular weight is 391 g/mol. The maximum Gasteiger partial charge on any atom is 0.471 e. The highest BCUT2D eigenvalue weighted by molar-refractivity contribution is 5.82. The molecule has 146 valence electrons. The fourth-order valence-electron chi connectivity index (χ4n) is 2.58. The quantitative estimate of drug-likeness (QED) is 0.572. The predicted octanol–water partition coefficient (Wildman–Crippen LogP) is 3.86. The molecule has 0 aliphatic heterocycles. The molecule has 1 heterocycles. The predicted molar refractivity (Wildman–Crippen MR) is 80.1 cm³/mol. The Morgan fingerprint density at radius 3 is 2.37 bits per heavy atom. The molecule has 11 heteroatoms. The van der Waals surface area contributed by atoms with Crippen LogP contribution in [0.2, 0.25) is 0 Å². The average Bonchev–Trinajstić information content (AvgIpc) is 3.01. The van der Waals surface area contributed by atoms with Crippen LogP contribution in [0.1, 0.15) is 30.8 Å². The van der Waals surface area contributed by atoms with E-state index in [1.165, 1.54) is 31.4 Å². The van der Waals surface area contributed by atoms with Crippen molar-refractivity contribution in [1.82, 2.24) is 15.2 Å². The molecule has 1 amide bonds. The van der Waals surface area contributed by atoms with Gasteiger partial charge < -0.3 is 4.52 Å². The van der Waals surface area contributed by atoms with E-state index >= 15 is 0 Å². The summed E-state index contributed by atoms with van der Waals surface area (Å²) < 4.78 is 68.0. The summed E-state index contributed by atoms with van der Waals surface area (Å²) in [6.45, 7) is 1.58. The maximum atomic E-state index is 13.1. The van der Waals surface area contributed by atoms with E-state index in [4.69, 9.17) is 4.84 Å². The number of hydrogen-bond donors (Lipinski definition) is 0. The summed E-state index contributed by atoms with van der Waals surface area (Å²) in [6, 6.07) is 5.19. The van der Waals surface area contributed by atoms with Gasteiger partial charge in [-0.15, -0.1) is 0 Å². The number of carbonyl (C=O) groups excluding carboxylic acids is 1. The van der Waals surface area contributed by atoms with Gasteiger partial charge in [0.2, 0.25) is 5.82 Å². The van der Waals surface area contributed by atoms with Crippen LogP contribution in [-0.4, -0.2) is 34.1 Å². The molecule has 1 aromatic carbocycles. The van der Waals surface area contributed by atoms with Crippen LogP contribution in [0.3, 0.4) is 0 Å². The van der Waals surface area contributed by atoms with Gasteiger partial charge in [0.1, 0.15) is 5.92 Å². The Morgan fingerprint density at radius 2 is 1.93 bits per heavy atom. The van der Waals surface area contributed by atoms with Gasteiger partial charge in [-0.3, -0.25) is 9.63 Å². The molecule has 1 aromatic heterocycles. The minimum atomic E-state index is -4.75. The number of nitrogens with zero attached hydrogens (tertiary/aromatic N) is 3. The monoisotopic (exact) mass is 391 g/mol. The Bertz CT molecular complexity index is 835. The number of rotatable bonds is 5. The van der Waals surface area contributed by atoms with Crippen molar-refractivity contribution in [2.45, 2.75) is 31.5 Å². The minimum Gasteiger partial charge on any atom is -0.329 e. The van der Waals surface area contributed by atoms with Crippen molar-refractivity contribution in [3.8, 4) is 11.4 Å². The second kappa shape index (κ2) is 6.55. The molecule has 0 saturated heterocycles. The van der Waals surface area contributed by atoms with Crippen LogP contribution in [0.15, 0.2) is 28.8 Å². The van der Waals surface area contributed by atoms with Gasteiger partial charge in [-0.25, -0.2) is 13.8 Å². The second-order valence-corrected chi connectivity index (χ2v) is 6.08. The largest absolute Gasteiger partial charge is 0.471 e. The third-order valence-electron chi connectivity index (χ3n) is 4.21. The number of hydroxylamine groups is 2. The normalized spacial score (nSPS) is 19.6. The lowest BCUT2D eigenvalue weighted by Gasteiger charge is -2.27. The highest BCUT2D eigenvalue weighted by atomic mass is 19.4. The lowest BCUT2D eigenvalue weighted by Crippen LogP contribution is -2.35. The van der Waals surface area contributed by atoms with E-state index in [1.807, 2.05) is 0 Å². The summed E-state index contributed by atoms with van der Waals surface area (Å²) in [7, 11) is 1.20. The van der Waals surface area contributed by atoms with E-state index in [0.717, 1.165) is 5.06 Å². The van der Waals surface area contributed by atoms with Crippen LogP contribution in [0.4, 0.5) is 22.0 Å². The van der Waals surface area contributed by atoms with Crippen molar-refractivity contribution in [2.75, 3.05) is 7.11 Å². The van der Waals surface area contributed by atoms with Gasteiger partial charge in [0.25, 0.3) is 11.8 Å². The summed E-state index contributed by atoms with van der Waals surface area (Å²) in [5, 5.41) is 4.13. The standard InChI is InChI=1S/C16H14F5N3O3/c1-8(24(26-2)13(25)11-7-15(11,17)18)9-3-5-10(6-4-9)12-22-14(27-23-12)16(19,20)21/h3-6,8,11H,7H2,1-2H3. The van der Waals surface area contributed by atoms with Crippen LogP contribution in [0.25, 0.3) is 11.4 Å². The number of amides is 1. The Morgan fingerprint density at radius 1 is 1.33 bits per heavy atom. The zero-order valence-corrected chi connectivity index (χ0v) is 14.1. The van der Waals surface area contributed by atoms with E-state index in [-0.39, 0.29) is 11.4 Å². The lowest BCUT2D eigenvalue weighted by atomic mass is 10.1. The van der Waals surface area contributed by atoms with Crippen LogP contribution >= 0.6 is 0 Å². The zero-order chi connectivity index (χ0) is 20.0. The number of hydrogen-bond acceptors (Lipinski definition) is 5. The number of aromatic nitrogens is 2. The highest BCUT2D eigenvalue weighted by Gasteiger charge is 2.62. The van der Waals surface area contributed by atoms with Gasteiger partial charge in [-0.1, -0.05) is 29.4 Å². The Hall–Kier alpha value is -2.56.